The molecule has 0 aliphatic rings. The molecule has 0 atom stereocenters. The number of amides is 1. The summed E-state index contributed by atoms with van der Waals surface area (Å²) in [4.78, 5) is 16.5. The fourth-order valence-corrected chi connectivity index (χ4v) is 2.53. The maximum atomic E-state index is 12.2. The van der Waals surface area contributed by atoms with E-state index in [9.17, 15) is 4.79 Å². The first-order chi connectivity index (χ1) is 10.7. The van der Waals surface area contributed by atoms with Gasteiger partial charge in [-0.3, -0.25) is 4.79 Å². The molecule has 0 radical (unpaired) electrons. The first-order valence-electron chi connectivity index (χ1n) is 7.39. The van der Waals surface area contributed by atoms with E-state index in [-0.39, 0.29) is 5.91 Å². The normalized spacial score (nSPS) is 10.8. The zero-order valence-electron chi connectivity index (χ0n) is 12.7. The third kappa shape index (κ3) is 3.01. The van der Waals surface area contributed by atoms with Crippen LogP contribution in [-0.2, 0) is 17.6 Å². The summed E-state index contributed by atoms with van der Waals surface area (Å²) in [5.41, 5.74) is 4.48. The van der Waals surface area contributed by atoms with Crippen molar-refractivity contribution in [3.05, 3.63) is 59.5 Å². The van der Waals surface area contributed by atoms with Crippen molar-refractivity contribution in [1.82, 2.24) is 4.98 Å². The topological polar surface area (TPSA) is 55.1 Å². The van der Waals surface area contributed by atoms with Crippen LogP contribution in [0.1, 0.15) is 23.9 Å². The van der Waals surface area contributed by atoms with Crippen molar-refractivity contribution in [2.75, 3.05) is 5.32 Å². The maximum Gasteiger partial charge on any atom is 0.228 e. The molecular weight excluding hydrogens is 276 g/mol. The number of oxazole rings is 1. The summed E-state index contributed by atoms with van der Waals surface area (Å²) in [7, 11) is 0. The summed E-state index contributed by atoms with van der Waals surface area (Å²) in [5, 5.41) is 2.98. The fourth-order valence-electron chi connectivity index (χ4n) is 2.53. The molecule has 0 aliphatic heterocycles. The summed E-state index contributed by atoms with van der Waals surface area (Å²) in [5.74, 6) is 0.606. The summed E-state index contributed by atoms with van der Waals surface area (Å²) < 4.78 is 5.44. The van der Waals surface area contributed by atoms with Crippen molar-refractivity contribution in [3.63, 3.8) is 0 Å². The number of rotatable bonds is 4. The number of carbonyl (C=O) groups excluding carboxylic acids is 1. The lowest BCUT2D eigenvalue weighted by molar-refractivity contribution is -0.115. The molecule has 0 saturated heterocycles. The summed E-state index contributed by atoms with van der Waals surface area (Å²) in [6.07, 6.45) is 1.21. The van der Waals surface area contributed by atoms with Crippen LogP contribution in [0, 0.1) is 6.92 Å². The molecule has 0 aliphatic carbocycles. The van der Waals surface area contributed by atoms with E-state index in [0.717, 1.165) is 34.3 Å². The zero-order valence-corrected chi connectivity index (χ0v) is 12.7. The van der Waals surface area contributed by atoms with Gasteiger partial charge in [0.2, 0.25) is 5.91 Å². The first kappa shape index (κ1) is 14.3. The standard InChI is InChI=1S/C18H18N2O2/c1-3-14-6-4-5-7-15(14)20-18(21)11-13-8-9-17-16(10-13)19-12(2)22-17/h4-10H,3,11H2,1-2H3,(H,20,21). The molecule has 2 aromatic carbocycles. The number of aryl methyl sites for hydroxylation is 2. The highest BCUT2D eigenvalue weighted by Gasteiger charge is 2.09. The number of aromatic nitrogens is 1. The summed E-state index contributed by atoms with van der Waals surface area (Å²) in [6.45, 7) is 3.89. The predicted molar refractivity (Wildman–Crippen MR) is 86.9 cm³/mol. The molecule has 1 amide bonds. The second-order valence-corrected chi connectivity index (χ2v) is 5.27. The molecule has 0 fully saturated rings. The second-order valence-electron chi connectivity index (χ2n) is 5.27. The monoisotopic (exact) mass is 294 g/mol. The molecule has 3 aromatic rings. The fraction of sp³-hybridized carbons (Fsp3) is 0.222. The minimum Gasteiger partial charge on any atom is -0.441 e. The number of hydrogen-bond acceptors (Lipinski definition) is 3. The molecule has 4 heteroatoms. The molecule has 22 heavy (non-hydrogen) atoms. The lowest BCUT2D eigenvalue weighted by atomic mass is 10.1. The third-order valence-electron chi connectivity index (χ3n) is 3.60. The predicted octanol–water partition coefficient (Wildman–Crippen LogP) is 3.88. The lowest BCUT2D eigenvalue weighted by Gasteiger charge is -2.09. The van der Waals surface area contributed by atoms with E-state index < -0.39 is 0 Å². The smallest absolute Gasteiger partial charge is 0.228 e. The van der Waals surface area contributed by atoms with E-state index >= 15 is 0 Å². The van der Waals surface area contributed by atoms with Gasteiger partial charge in [0.25, 0.3) is 0 Å². The van der Waals surface area contributed by atoms with Crippen molar-refractivity contribution in [1.29, 1.82) is 0 Å². The van der Waals surface area contributed by atoms with Crippen LogP contribution in [0.3, 0.4) is 0 Å². The summed E-state index contributed by atoms with van der Waals surface area (Å²) in [6, 6.07) is 13.5. The van der Waals surface area contributed by atoms with E-state index in [1.165, 1.54) is 0 Å². The van der Waals surface area contributed by atoms with Crippen LogP contribution in [0.25, 0.3) is 11.1 Å². The number of hydrogen-bond donors (Lipinski definition) is 1. The first-order valence-corrected chi connectivity index (χ1v) is 7.39. The molecule has 0 saturated carbocycles. The van der Waals surface area contributed by atoms with Crippen LogP contribution in [-0.4, -0.2) is 10.9 Å². The Morgan fingerprint density at radius 2 is 2.05 bits per heavy atom. The number of nitrogens with one attached hydrogen (secondary N) is 1. The molecule has 1 N–H and O–H groups in total. The largest absolute Gasteiger partial charge is 0.441 e. The second kappa shape index (κ2) is 6.02. The van der Waals surface area contributed by atoms with Crippen LogP contribution >= 0.6 is 0 Å². The van der Waals surface area contributed by atoms with Crippen LogP contribution in [0.2, 0.25) is 0 Å². The van der Waals surface area contributed by atoms with Crippen LogP contribution in [0.5, 0.6) is 0 Å². The Bertz CT molecular complexity index is 821. The van der Waals surface area contributed by atoms with E-state index in [1.54, 1.807) is 0 Å². The van der Waals surface area contributed by atoms with Crippen molar-refractivity contribution >= 4 is 22.7 Å². The van der Waals surface area contributed by atoms with Gasteiger partial charge in [-0.25, -0.2) is 4.98 Å². The van der Waals surface area contributed by atoms with Crippen molar-refractivity contribution in [2.24, 2.45) is 0 Å². The molecular formula is C18H18N2O2. The highest BCUT2D eigenvalue weighted by atomic mass is 16.3. The number of fused-ring (bicyclic) bond motifs is 1. The van der Waals surface area contributed by atoms with Gasteiger partial charge < -0.3 is 9.73 Å². The SMILES string of the molecule is CCc1ccccc1NC(=O)Cc1ccc2oc(C)nc2c1. The number of anilines is 1. The minimum absolute atomic E-state index is 0.0273. The van der Waals surface area contributed by atoms with E-state index in [2.05, 4.69) is 17.2 Å². The molecule has 0 unspecified atom stereocenters. The van der Waals surface area contributed by atoms with Gasteiger partial charge in [0, 0.05) is 12.6 Å². The van der Waals surface area contributed by atoms with Crippen molar-refractivity contribution in [2.45, 2.75) is 26.7 Å². The van der Waals surface area contributed by atoms with Gasteiger partial charge in [-0.1, -0.05) is 31.2 Å². The molecule has 4 nitrogen and oxygen atoms in total. The maximum absolute atomic E-state index is 12.2. The quantitative estimate of drug-likeness (QED) is 0.794. The van der Waals surface area contributed by atoms with Crippen LogP contribution in [0.4, 0.5) is 5.69 Å². The Kier molecular flexibility index (Phi) is 3.92. The number of nitrogens with zero attached hydrogens (tertiary/aromatic N) is 1. The average molecular weight is 294 g/mol. The number of para-hydroxylation sites is 1. The number of benzene rings is 2. The van der Waals surface area contributed by atoms with Gasteiger partial charge in [0.05, 0.1) is 6.42 Å². The highest BCUT2D eigenvalue weighted by molar-refractivity contribution is 5.93. The Hall–Kier alpha value is -2.62. The van der Waals surface area contributed by atoms with Gasteiger partial charge in [-0.2, -0.15) is 0 Å². The Labute approximate surface area is 129 Å². The number of carbonyl (C=O) groups is 1. The van der Waals surface area contributed by atoms with Gasteiger partial charge in [-0.05, 0) is 35.7 Å². The molecule has 1 heterocycles. The third-order valence-corrected chi connectivity index (χ3v) is 3.60. The van der Waals surface area contributed by atoms with Gasteiger partial charge in [0.15, 0.2) is 11.5 Å². The molecule has 0 bridgehead atoms. The molecule has 112 valence electrons. The van der Waals surface area contributed by atoms with Gasteiger partial charge >= 0.3 is 0 Å². The molecule has 3 rings (SSSR count). The lowest BCUT2D eigenvalue weighted by Crippen LogP contribution is -2.15. The van der Waals surface area contributed by atoms with E-state index in [0.29, 0.717) is 12.3 Å². The summed E-state index contributed by atoms with van der Waals surface area (Å²) >= 11 is 0. The van der Waals surface area contributed by atoms with E-state index in [1.807, 2.05) is 49.4 Å². The minimum atomic E-state index is -0.0273. The Balaban J connectivity index is 1.75. The average Bonchev–Trinajstić information content (AvgIpc) is 2.87. The molecule has 1 aromatic heterocycles. The van der Waals surface area contributed by atoms with Crippen LogP contribution < -0.4 is 5.32 Å². The highest BCUT2D eigenvalue weighted by Crippen LogP contribution is 2.19. The van der Waals surface area contributed by atoms with Crippen molar-refractivity contribution in [3.8, 4) is 0 Å². The van der Waals surface area contributed by atoms with Crippen LogP contribution in [0.15, 0.2) is 46.9 Å². The zero-order chi connectivity index (χ0) is 15.5. The van der Waals surface area contributed by atoms with Gasteiger partial charge in [0.1, 0.15) is 5.52 Å². The Morgan fingerprint density at radius 1 is 1.23 bits per heavy atom. The van der Waals surface area contributed by atoms with Gasteiger partial charge in [-0.15, -0.1) is 0 Å². The van der Waals surface area contributed by atoms with E-state index in [4.69, 9.17) is 4.42 Å². The van der Waals surface area contributed by atoms with Crippen molar-refractivity contribution < 1.29 is 9.21 Å². The molecule has 0 spiro atoms. The Morgan fingerprint density at radius 3 is 2.86 bits per heavy atom.